The van der Waals surface area contributed by atoms with Gasteiger partial charge in [0.2, 0.25) is 5.91 Å². The number of nitrogens with one attached hydrogen (secondary N) is 2. The van der Waals surface area contributed by atoms with Gasteiger partial charge in [0.25, 0.3) is 0 Å². The van der Waals surface area contributed by atoms with E-state index >= 15 is 0 Å². The van der Waals surface area contributed by atoms with Gasteiger partial charge in [-0.3, -0.25) is 4.79 Å². The number of carbonyl (C=O) groups is 1. The van der Waals surface area contributed by atoms with E-state index in [2.05, 4.69) is 10.6 Å². The molecule has 24 heavy (non-hydrogen) atoms. The first kappa shape index (κ1) is 20.4. The summed E-state index contributed by atoms with van der Waals surface area (Å²) in [7, 11) is 1.80. The Labute approximate surface area is 153 Å². The van der Waals surface area contributed by atoms with Crippen molar-refractivity contribution in [3.63, 3.8) is 0 Å². The van der Waals surface area contributed by atoms with Gasteiger partial charge in [0.1, 0.15) is 5.82 Å². The highest BCUT2D eigenvalue weighted by Crippen LogP contribution is 2.25. The van der Waals surface area contributed by atoms with Gasteiger partial charge in [0, 0.05) is 17.5 Å². The fourth-order valence-electron chi connectivity index (χ4n) is 2.41. The van der Waals surface area contributed by atoms with Gasteiger partial charge in [-0.2, -0.15) is 0 Å². The molecule has 2 rings (SSSR count). The molecule has 2 aromatic rings. The van der Waals surface area contributed by atoms with Gasteiger partial charge < -0.3 is 10.6 Å². The molecule has 2 unspecified atom stereocenters. The second-order valence-corrected chi connectivity index (χ2v) is 5.95. The smallest absolute Gasteiger partial charge is 0.224 e. The maximum absolute atomic E-state index is 13.6. The lowest BCUT2D eigenvalue weighted by atomic mass is 9.97. The van der Waals surface area contributed by atoms with E-state index in [-0.39, 0.29) is 30.0 Å². The number of hydrogen-bond donors (Lipinski definition) is 2. The summed E-state index contributed by atoms with van der Waals surface area (Å²) in [6, 6.07) is 13.0. The van der Waals surface area contributed by atoms with Crippen molar-refractivity contribution >= 4 is 29.9 Å². The van der Waals surface area contributed by atoms with E-state index in [4.69, 9.17) is 11.6 Å². The Morgan fingerprint density at radius 3 is 2.38 bits per heavy atom. The van der Waals surface area contributed by atoms with Gasteiger partial charge >= 0.3 is 0 Å². The van der Waals surface area contributed by atoms with Crippen molar-refractivity contribution < 1.29 is 9.18 Å². The minimum Gasteiger partial charge on any atom is -0.345 e. The number of halogens is 3. The van der Waals surface area contributed by atoms with E-state index in [0.717, 1.165) is 5.56 Å². The molecule has 2 aromatic carbocycles. The van der Waals surface area contributed by atoms with Crippen molar-refractivity contribution in [3.05, 3.63) is 70.5 Å². The standard InChI is InChI=1S/C18H20ClFN2O.ClH/c1-12(11-21-2)18(23)22-17(13-5-3-7-15(19)9-13)14-6-4-8-16(20)10-14;/h3-10,12,17,21H,11H2,1-2H3,(H,22,23);1H. The number of carbonyl (C=O) groups excluding carboxylic acids is 1. The third kappa shape index (κ3) is 5.48. The monoisotopic (exact) mass is 370 g/mol. The largest absolute Gasteiger partial charge is 0.345 e. The second-order valence-electron chi connectivity index (χ2n) is 5.51. The van der Waals surface area contributed by atoms with Crippen LogP contribution in [0.2, 0.25) is 5.02 Å². The van der Waals surface area contributed by atoms with Gasteiger partial charge in [0.15, 0.2) is 0 Å². The number of hydrogen-bond acceptors (Lipinski definition) is 2. The molecule has 0 heterocycles. The lowest BCUT2D eigenvalue weighted by Gasteiger charge is -2.22. The summed E-state index contributed by atoms with van der Waals surface area (Å²) in [6.07, 6.45) is 0. The van der Waals surface area contributed by atoms with Crippen LogP contribution in [0.15, 0.2) is 48.5 Å². The first-order valence-corrected chi connectivity index (χ1v) is 7.85. The molecule has 0 spiro atoms. The molecular formula is C18H21Cl2FN2O. The van der Waals surface area contributed by atoms with Gasteiger partial charge in [-0.25, -0.2) is 4.39 Å². The number of rotatable bonds is 6. The van der Waals surface area contributed by atoms with Gasteiger partial charge in [-0.05, 0) is 42.4 Å². The van der Waals surface area contributed by atoms with Crippen LogP contribution in [0.25, 0.3) is 0 Å². The maximum atomic E-state index is 13.6. The van der Waals surface area contributed by atoms with Crippen molar-refractivity contribution in [2.45, 2.75) is 13.0 Å². The third-order valence-corrected chi connectivity index (χ3v) is 3.84. The lowest BCUT2D eigenvalue weighted by Crippen LogP contribution is -2.37. The molecule has 3 nitrogen and oxygen atoms in total. The maximum Gasteiger partial charge on any atom is 0.224 e. The number of benzene rings is 2. The van der Waals surface area contributed by atoms with Crippen molar-refractivity contribution in [3.8, 4) is 0 Å². The fraction of sp³-hybridized carbons (Fsp3) is 0.278. The van der Waals surface area contributed by atoms with Gasteiger partial charge in [-0.1, -0.05) is 42.8 Å². The Kier molecular flexibility index (Phi) is 8.19. The predicted molar refractivity (Wildman–Crippen MR) is 98.2 cm³/mol. The summed E-state index contributed by atoms with van der Waals surface area (Å²) < 4.78 is 13.6. The SMILES string of the molecule is CNCC(C)C(=O)NC(c1cccc(F)c1)c1cccc(Cl)c1.Cl. The normalized spacial score (nSPS) is 12.8. The summed E-state index contributed by atoms with van der Waals surface area (Å²) in [5, 5.41) is 6.53. The molecule has 0 saturated carbocycles. The van der Waals surface area contributed by atoms with E-state index in [9.17, 15) is 9.18 Å². The highest BCUT2D eigenvalue weighted by atomic mass is 35.5. The average molecular weight is 371 g/mol. The molecular weight excluding hydrogens is 350 g/mol. The summed E-state index contributed by atoms with van der Waals surface area (Å²) in [5.74, 6) is -0.643. The average Bonchev–Trinajstić information content (AvgIpc) is 2.52. The van der Waals surface area contributed by atoms with E-state index < -0.39 is 6.04 Å². The van der Waals surface area contributed by atoms with Crippen LogP contribution in [0.5, 0.6) is 0 Å². The Hall–Kier alpha value is -1.62. The van der Waals surface area contributed by atoms with E-state index in [0.29, 0.717) is 17.1 Å². The fourth-order valence-corrected chi connectivity index (χ4v) is 2.61. The molecule has 0 radical (unpaired) electrons. The Balaban J connectivity index is 0.00000288. The van der Waals surface area contributed by atoms with E-state index in [1.165, 1.54) is 12.1 Å². The van der Waals surface area contributed by atoms with Gasteiger partial charge in [-0.15, -0.1) is 12.4 Å². The lowest BCUT2D eigenvalue weighted by molar-refractivity contribution is -0.124. The van der Waals surface area contributed by atoms with Crippen molar-refractivity contribution in [1.82, 2.24) is 10.6 Å². The molecule has 0 fully saturated rings. The molecule has 0 aliphatic rings. The summed E-state index contributed by atoms with van der Waals surface area (Å²) in [6.45, 7) is 2.41. The zero-order chi connectivity index (χ0) is 16.8. The molecule has 2 N–H and O–H groups in total. The predicted octanol–water partition coefficient (Wildman–Crippen LogP) is 3.96. The zero-order valence-electron chi connectivity index (χ0n) is 13.6. The zero-order valence-corrected chi connectivity index (χ0v) is 15.1. The molecule has 2 atom stereocenters. The van der Waals surface area contributed by atoms with Crippen LogP contribution in [0.3, 0.4) is 0 Å². The van der Waals surface area contributed by atoms with Crippen LogP contribution in [0.1, 0.15) is 24.1 Å². The number of amides is 1. The topological polar surface area (TPSA) is 41.1 Å². The van der Waals surface area contributed by atoms with Crippen LogP contribution in [-0.4, -0.2) is 19.5 Å². The molecule has 6 heteroatoms. The molecule has 0 aliphatic heterocycles. The molecule has 0 aromatic heterocycles. The van der Waals surface area contributed by atoms with Crippen LogP contribution in [0, 0.1) is 11.7 Å². The quantitative estimate of drug-likeness (QED) is 0.807. The van der Waals surface area contributed by atoms with Crippen LogP contribution >= 0.6 is 24.0 Å². The van der Waals surface area contributed by atoms with Crippen LogP contribution in [-0.2, 0) is 4.79 Å². The Morgan fingerprint density at radius 2 is 1.79 bits per heavy atom. The third-order valence-electron chi connectivity index (χ3n) is 3.61. The van der Waals surface area contributed by atoms with Crippen molar-refractivity contribution in [2.24, 2.45) is 5.92 Å². The van der Waals surface area contributed by atoms with E-state index in [1.54, 1.807) is 31.3 Å². The Bertz CT molecular complexity index is 636. The van der Waals surface area contributed by atoms with Crippen molar-refractivity contribution in [2.75, 3.05) is 13.6 Å². The van der Waals surface area contributed by atoms with E-state index in [1.807, 2.05) is 19.1 Å². The van der Waals surface area contributed by atoms with Crippen molar-refractivity contribution in [1.29, 1.82) is 0 Å². The summed E-state index contributed by atoms with van der Waals surface area (Å²) in [4.78, 5) is 12.4. The molecule has 0 saturated heterocycles. The highest BCUT2D eigenvalue weighted by Gasteiger charge is 2.20. The van der Waals surface area contributed by atoms with Crippen LogP contribution in [0.4, 0.5) is 4.39 Å². The minimum absolute atomic E-state index is 0. The first-order chi connectivity index (χ1) is 11.0. The van der Waals surface area contributed by atoms with Gasteiger partial charge in [0.05, 0.1) is 6.04 Å². The Morgan fingerprint density at radius 1 is 1.17 bits per heavy atom. The molecule has 0 aliphatic carbocycles. The summed E-state index contributed by atoms with van der Waals surface area (Å²) in [5.41, 5.74) is 1.49. The first-order valence-electron chi connectivity index (χ1n) is 7.47. The molecule has 1 amide bonds. The second kappa shape index (κ2) is 9.62. The summed E-state index contributed by atoms with van der Waals surface area (Å²) >= 11 is 6.06. The minimum atomic E-state index is -0.448. The highest BCUT2D eigenvalue weighted by molar-refractivity contribution is 6.30. The molecule has 130 valence electrons. The molecule has 0 bridgehead atoms. The van der Waals surface area contributed by atoms with Crippen LogP contribution < -0.4 is 10.6 Å².